The SMILES string of the molecule is Cn1c(-c2cccc(CCl)c2)nc2cc(Br)ccc21. The van der Waals surface area contributed by atoms with Crippen molar-refractivity contribution in [3.05, 3.63) is 52.5 Å². The third-order valence-corrected chi connectivity index (χ3v) is 3.98. The average molecular weight is 336 g/mol. The van der Waals surface area contributed by atoms with Crippen molar-refractivity contribution >= 4 is 38.6 Å². The van der Waals surface area contributed by atoms with E-state index in [1.54, 1.807) is 0 Å². The molecule has 0 saturated heterocycles. The molecule has 0 spiro atoms. The first-order valence-electron chi connectivity index (χ1n) is 5.96. The Balaban J connectivity index is 2.21. The van der Waals surface area contributed by atoms with Gasteiger partial charge in [-0.3, -0.25) is 0 Å². The minimum Gasteiger partial charge on any atom is -0.327 e. The highest BCUT2D eigenvalue weighted by molar-refractivity contribution is 9.10. The summed E-state index contributed by atoms with van der Waals surface area (Å²) in [6, 6.07) is 14.3. The summed E-state index contributed by atoms with van der Waals surface area (Å²) in [4.78, 5) is 4.71. The lowest BCUT2D eigenvalue weighted by atomic mass is 10.1. The fourth-order valence-corrected chi connectivity index (χ4v) is 2.74. The zero-order valence-corrected chi connectivity index (χ0v) is 12.7. The number of nitrogens with zero attached hydrogens (tertiary/aromatic N) is 2. The Bertz CT molecular complexity index is 749. The van der Waals surface area contributed by atoms with E-state index < -0.39 is 0 Å². The number of hydrogen-bond donors (Lipinski definition) is 0. The molecule has 3 aromatic rings. The van der Waals surface area contributed by atoms with Crippen molar-refractivity contribution in [3.8, 4) is 11.4 Å². The zero-order valence-electron chi connectivity index (χ0n) is 10.4. The van der Waals surface area contributed by atoms with Gasteiger partial charge in [0, 0.05) is 23.0 Å². The number of aromatic nitrogens is 2. The summed E-state index contributed by atoms with van der Waals surface area (Å²) in [5.74, 6) is 1.48. The van der Waals surface area contributed by atoms with Crippen molar-refractivity contribution < 1.29 is 0 Å². The van der Waals surface area contributed by atoms with Gasteiger partial charge in [-0.15, -0.1) is 11.6 Å². The number of imidazole rings is 1. The quantitative estimate of drug-likeness (QED) is 0.618. The molecule has 19 heavy (non-hydrogen) atoms. The van der Waals surface area contributed by atoms with E-state index in [4.69, 9.17) is 16.6 Å². The summed E-state index contributed by atoms with van der Waals surface area (Å²) in [6.45, 7) is 0. The molecule has 1 aromatic heterocycles. The van der Waals surface area contributed by atoms with Crippen molar-refractivity contribution in [2.75, 3.05) is 0 Å². The summed E-state index contributed by atoms with van der Waals surface area (Å²) in [6.07, 6.45) is 0. The number of alkyl halides is 1. The highest BCUT2D eigenvalue weighted by atomic mass is 79.9. The van der Waals surface area contributed by atoms with Gasteiger partial charge >= 0.3 is 0 Å². The molecule has 0 aliphatic carbocycles. The van der Waals surface area contributed by atoms with E-state index in [0.717, 1.165) is 32.5 Å². The van der Waals surface area contributed by atoms with Crippen LogP contribution in [0, 0.1) is 0 Å². The Hall–Kier alpha value is -1.32. The lowest BCUT2D eigenvalue weighted by Gasteiger charge is -2.04. The van der Waals surface area contributed by atoms with Crippen LogP contribution in [0.2, 0.25) is 0 Å². The average Bonchev–Trinajstić information content (AvgIpc) is 2.75. The van der Waals surface area contributed by atoms with Crippen molar-refractivity contribution in [1.29, 1.82) is 0 Å². The number of rotatable bonds is 2. The van der Waals surface area contributed by atoms with E-state index in [1.807, 2.05) is 31.3 Å². The zero-order chi connectivity index (χ0) is 13.4. The maximum atomic E-state index is 5.89. The van der Waals surface area contributed by atoms with Gasteiger partial charge in [-0.2, -0.15) is 0 Å². The number of fused-ring (bicyclic) bond motifs is 1. The third kappa shape index (κ3) is 2.28. The van der Waals surface area contributed by atoms with Crippen LogP contribution in [-0.4, -0.2) is 9.55 Å². The topological polar surface area (TPSA) is 17.8 Å². The molecule has 0 radical (unpaired) electrons. The highest BCUT2D eigenvalue weighted by Crippen LogP contribution is 2.26. The van der Waals surface area contributed by atoms with E-state index in [1.165, 1.54) is 0 Å². The minimum absolute atomic E-state index is 0.517. The Morgan fingerprint density at radius 3 is 2.84 bits per heavy atom. The van der Waals surface area contributed by atoms with E-state index >= 15 is 0 Å². The molecule has 96 valence electrons. The van der Waals surface area contributed by atoms with Gasteiger partial charge in [0.15, 0.2) is 0 Å². The Morgan fingerprint density at radius 2 is 2.05 bits per heavy atom. The summed E-state index contributed by atoms with van der Waals surface area (Å²) >= 11 is 9.37. The Morgan fingerprint density at radius 1 is 1.21 bits per heavy atom. The van der Waals surface area contributed by atoms with Gasteiger partial charge in [-0.1, -0.05) is 34.1 Å². The van der Waals surface area contributed by atoms with Crippen LogP contribution in [0.5, 0.6) is 0 Å². The van der Waals surface area contributed by atoms with Crippen LogP contribution in [0.25, 0.3) is 22.4 Å². The van der Waals surface area contributed by atoms with Gasteiger partial charge in [0.05, 0.1) is 11.0 Å². The van der Waals surface area contributed by atoms with E-state index in [0.29, 0.717) is 5.88 Å². The van der Waals surface area contributed by atoms with Crippen molar-refractivity contribution in [2.45, 2.75) is 5.88 Å². The maximum Gasteiger partial charge on any atom is 0.140 e. The monoisotopic (exact) mass is 334 g/mol. The summed E-state index contributed by atoms with van der Waals surface area (Å²) in [5.41, 5.74) is 4.30. The second-order valence-electron chi connectivity index (χ2n) is 4.46. The lowest BCUT2D eigenvalue weighted by Crippen LogP contribution is -1.93. The second-order valence-corrected chi connectivity index (χ2v) is 5.64. The van der Waals surface area contributed by atoms with Crippen molar-refractivity contribution in [1.82, 2.24) is 9.55 Å². The molecule has 2 nitrogen and oxygen atoms in total. The van der Waals surface area contributed by atoms with Gasteiger partial charge in [0.2, 0.25) is 0 Å². The van der Waals surface area contributed by atoms with Crippen LogP contribution < -0.4 is 0 Å². The Labute approximate surface area is 125 Å². The molecule has 0 aliphatic heterocycles. The summed E-state index contributed by atoms with van der Waals surface area (Å²) < 4.78 is 3.15. The Kier molecular flexibility index (Phi) is 3.33. The molecule has 0 unspecified atom stereocenters. The van der Waals surface area contributed by atoms with Gasteiger partial charge in [-0.25, -0.2) is 4.98 Å². The normalized spacial score (nSPS) is 11.1. The summed E-state index contributed by atoms with van der Waals surface area (Å²) in [5, 5.41) is 0. The van der Waals surface area contributed by atoms with E-state index in [2.05, 4.69) is 38.7 Å². The fraction of sp³-hybridized carbons (Fsp3) is 0.133. The second kappa shape index (κ2) is 4.99. The van der Waals surface area contributed by atoms with Crippen LogP contribution in [0.3, 0.4) is 0 Å². The number of aryl methyl sites for hydroxylation is 1. The van der Waals surface area contributed by atoms with Crippen LogP contribution >= 0.6 is 27.5 Å². The van der Waals surface area contributed by atoms with Gasteiger partial charge in [0.25, 0.3) is 0 Å². The maximum absolute atomic E-state index is 5.89. The molecule has 0 amide bonds. The molecule has 3 rings (SSSR count). The van der Waals surface area contributed by atoms with Gasteiger partial charge in [-0.05, 0) is 29.8 Å². The molecule has 4 heteroatoms. The van der Waals surface area contributed by atoms with Crippen molar-refractivity contribution in [2.24, 2.45) is 7.05 Å². The predicted octanol–water partition coefficient (Wildman–Crippen LogP) is 4.74. The molecule has 0 fully saturated rings. The molecule has 2 aromatic carbocycles. The van der Waals surface area contributed by atoms with Crippen LogP contribution in [0.1, 0.15) is 5.56 Å². The third-order valence-electron chi connectivity index (χ3n) is 3.18. The first kappa shape index (κ1) is 12.7. The molecular formula is C15H12BrClN2. The predicted molar refractivity (Wildman–Crippen MR) is 83.4 cm³/mol. The summed E-state index contributed by atoms with van der Waals surface area (Å²) in [7, 11) is 2.03. The molecule has 0 aliphatic rings. The number of benzene rings is 2. The number of halogens is 2. The molecule has 0 N–H and O–H groups in total. The van der Waals surface area contributed by atoms with Crippen LogP contribution in [-0.2, 0) is 12.9 Å². The molecule has 0 bridgehead atoms. The smallest absolute Gasteiger partial charge is 0.140 e. The molecule has 0 atom stereocenters. The first-order valence-corrected chi connectivity index (χ1v) is 7.29. The number of hydrogen-bond acceptors (Lipinski definition) is 1. The lowest BCUT2D eigenvalue weighted by molar-refractivity contribution is 0.959. The van der Waals surface area contributed by atoms with Gasteiger partial charge in [0.1, 0.15) is 5.82 Å². The van der Waals surface area contributed by atoms with Crippen molar-refractivity contribution in [3.63, 3.8) is 0 Å². The van der Waals surface area contributed by atoms with Crippen LogP contribution in [0.15, 0.2) is 46.9 Å². The first-order chi connectivity index (χ1) is 9.19. The largest absolute Gasteiger partial charge is 0.327 e. The standard InChI is InChI=1S/C15H12BrClN2/c1-19-14-6-5-12(16)8-13(14)18-15(19)11-4-2-3-10(7-11)9-17/h2-8H,9H2,1H3. The molecule has 0 saturated carbocycles. The van der Waals surface area contributed by atoms with Crippen LogP contribution in [0.4, 0.5) is 0 Å². The van der Waals surface area contributed by atoms with E-state index in [9.17, 15) is 0 Å². The molecule has 1 heterocycles. The molecular weight excluding hydrogens is 324 g/mol. The minimum atomic E-state index is 0.517. The van der Waals surface area contributed by atoms with Gasteiger partial charge < -0.3 is 4.57 Å². The fourth-order valence-electron chi connectivity index (χ4n) is 2.22. The highest BCUT2D eigenvalue weighted by Gasteiger charge is 2.10. The van der Waals surface area contributed by atoms with E-state index in [-0.39, 0.29) is 0 Å².